The van der Waals surface area contributed by atoms with Gasteiger partial charge in [0.2, 0.25) is 0 Å². The molecule has 0 unspecified atom stereocenters. The van der Waals surface area contributed by atoms with Gasteiger partial charge in [0.15, 0.2) is 0 Å². The van der Waals surface area contributed by atoms with Crippen LogP contribution in [0.1, 0.15) is 19.4 Å². The van der Waals surface area contributed by atoms with E-state index in [1.54, 1.807) is 18.7 Å². The number of anilines is 1. The summed E-state index contributed by atoms with van der Waals surface area (Å²) in [6.45, 7) is 4.42. The van der Waals surface area contributed by atoms with Gasteiger partial charge in [-0.3, -0.25) is 14.5 Å². The summed E-state index contributed by atoms with van der Waals surface area (Å²) in [6, 6.07) is 17.0. The molecule has 2 aliphatic heterocycles. The fourth-order valence-electron chi connectivity index (χ4n) is 4.65. The van der Waals surface area contributed by atoms with Crippen molar-refractivity contribution in [3.8, 4) is 11.1 Å². The van der Waals surface area contributed by atoms with E-state index in [-0.39, 0.29) is 16.9 Å². The summed E-state index contributed by atoms with van der Waals surface area (Å²) < 4.78 is 3.26. The minimum atomic E-state index is -0.238. The molecule has 2 aliphatic rings. The van der Waals surface area contributed by atoms with Gasteiger partial charge in [0, 0.05) is 37.9 Å². The SMILES string of the molecule is CN1C(=O)/C(=c2/s/c(=C\C=C3/N(C)c4ccc(-c5ccccc5)cc4C3(C)C)c(=O)n2C)SC1=S. The molecule has 1 amide bonds. The van der Waals surface area contributed by atoms with Crippen molar-refractivity contribution in [2.45, 2.75) is 19.3 Å². The Kier molecular flexibility index (Phi) is 5.86. The van der Waals surface area contributed by atoms with Crippen LogP contribution in [0.25, 0.3) is 22.1 Å². The number of thiazole rings is 1. The largest absolute Gasteiger partial charge is 0.347 e. The van der Waals surface area contributed by atoms with E-state index in [0.717, 1.165) is 11.4 Å². The van der Waals surface area contributed by atoms with Crippen molar-refractivity contribution in [1.82, 2.24) is 9.47 Å². The topological polar surface area (TPSA) is 45.6 Å². The Hall–Kier alpha value is -2.94. The first kappa shape index (κ1) is 23.8. The molecule has 35 heavy (non-hydrogen) atoms. The van der Waals surface area contributed by atoms with Gasteiger partial charge < -0.3 is 9.47 Å². The van der Waals surface area contributed by atoms with Crippen LogP contribution in [0.5, 0.6) is 0 Å². The highest BCUT2D eigenvalue weighted by atomic mass is 32.2. The summed E-state index contributed by atoms with van der Waals surface area (Å²) in [5, 5.41) is 0. The lowest BCUT2D eigenvalue weighted by atomic mass is 9.82. The Balaban J connectivity index is 1.59. The van der Waals surface area contributed by atoms with Crippen molar-refractivity contribution >= 4 is 62.2 Å². The molecule has 0 spiro atoms. The van der Waals surface area contributed by atoms with E-state index in [1.807, 2.05) is 18.2 Å². The number of thioether (sulfide) groups is 1. The molecule has 0 saturated carbocycles. The number of thiocarbonyl (C=S) groups is 1. The Bertz CT molecular complexity index is 1600. The average molecular weight is 520 g/mol. The van der Waals surface area contributed by atoms with Crippen molar-refractivity contribution in [2.24, 2.45) is 7.05 Å². The number of fused-ring (bicyclic) bond motifs is 1. The molecular formula is C27H25N3O2S3. The van der Waals surface area contributed by atoms with Crippen LogP contribution in [0.2, 0.25) is 0 Å². The predicted octanol–water partition coefficient (Wildman–Crippen LogP) is 3.80. The van der Waals surface area contributed by atoms with E-state index in [2.05, 4.69) is 68.3 Å². The summed E-state index contributed by atoms with van der Waals surface area (Å²) in [4.78, 5) is 29.7. The van der Waals surface area contributed by atoms with Crippen LogP contribution in [0.3, 0.4) is 0 Å². The maximum absolute atomic E-state index is 13.0. The molecule has 2 aromatic carbocycles. The van der Waals surface area contributed by atoms with Crippen LogP contribution in [0, 0.1) is 0 Å². The zero-order valence-electron chi connectivity index (χ0n) is 20.2. The van der Waals surface area contributed by atoms with Gasteiger partial charge in [-0.1, -0.05) is 74.2 Å². The van der Waals surface area contributed by atoms with Crippen LogP contribution in [-0.4, -0.2) is 33.8 Å². The zero-order valence-corrected chi connectivity index (χ0v) is 22.6. The Morgan fingerprint density at radius 2 is 1.63 bits per heavy atom. The average Bonchev–Trinajstić information content (AvgIpc) is 3.35. The quantitative estimate of drug-likeness (QED) is 0.482. The molecule has 1 saturated heterocycles. The molecule has 178 valence electrons. The minimum Gasteiger partial charge on any atom is -0.347 e. The molecule has 5 rings (SSSR count). The summed E-state index contributed by atoms with van der Waals surface area (Å²) in [5.41, 5.74) is 5.54. The second kappa shape index (κ2) is 8.62. The lowest BCUT2D eigenvalue weighted by Crippen LogP contribution is -2.30. The number of carbonyl (C=O) groups is 1. The lowest BCUT2D eigenvalue weighted by molar-refractivity contribution is -0.119. The van der Waals surface area contributed by atoms with E-state index in [1.165, 1.54) is 44.7 Å². The lowest BCUT2D eigenvalue weighted by Gasteiger charge is -2.23. The van der Waals surface area contributed by atoms with Crippen LogP contribution in [0.4, 0.5) is 5.69 Å². The molecule has 1 aromatic heterocycles. The van der Waals surface area contributed by atoms with Crippen molar-refractivity contribution in [2.75, 3.05) is 19.0 Å². The van der Waals surface area contributed by atoms with Gasteiger partial charge >= 0.3 is 0 Å². The fraction of sp³-hybridized carbons (Fsp3) is 0.222. The summed E-state index contributed by atoms with van der Waals surface area (Å²) in [5.74, 6) is -0.164. The number of amides is 1. The molecular weight excluding hydrogens is 495 g/mol. The number of hydrogen-bond acceptors (Lipinski definition) is 6. The van der Waals surface area contributed by atoms with E-state index >= 15 is 0 Å². The third-order valence-electron chi connectivity index (χ3n) is 6.72. The maximum Gasteiger partial charge on any atom is 0.268 e. The van der Waals surface area contributed by atoms with E-state index < -0.39 is 0 Å². The van der Waals surface area contributed by atoms with Gasteiger partial charge in [0.05, 0.1) is 4.53 Å². The van der Waals surface area contributed by atoms with Crippen molar-refractivity contribution < 1.29 is 4.79 Å². The van der Waals surface area contributed by atoms with Crippen LogP contribution in [0.15, 0.2) is 65.1 Å². The maximum atomic E-state index is 13.0. The van der Waals surface area contributed by atoms with Gasteiger partial charge in [-0.15, -0.1) is 11.3 Å². The van der Waals surface area contributed by atoms with Crippen molar-refractivity contribution in [1.29, 1.82) is 0 Å². The van der Waals surface area contributed by atoms with Crippen LogP contribution in [-0.2, 0) is 17.3 Å². The van der Waals surface area contributed by atoms with Crippen LogP contribution >= 0.6 is 35.3 Å². The van der Waals surface area contributed by atoms with Gasteiger partial charge in [-0.25, -0.2) is 0 Å². The predicted molar refractivity (Wildman–Crippen MR) is 151 cm³/mol. The molecule has 0 bridgehead atoms. The second-order valence-corrected chi connectivity index (χ2v) is 11.9. The van der Waals surface area contributed by atoms with Crippen LogP contribution < -0.4 is 19.7 Å². The molecule has 3 aromatic rings. The first-order chi connectivity index (χ1) is 16.6. The number of carbonyl (C=O) groups excluding carboxylic acids is 1. The molecule has 5 nitrogen and oxygen atoms in total. The monoisotopic (exact) mass is 519 g/mol. The number of aromatic nitrogens is 1. The molecule has 0 N–H and O–H groups in total. The highest BCUT2D eigenvalue weighted by molar-refractivity contribution is 8.30. The van der Waals surface area contributed by atoms with Gasteiger partial charge in [0.25, 0.3) is 11.5 Å². The molecule has 0 aliphatic carbocycles. The Morgan fingerprint density at radius 1 is 0.914 bits per heavy atom. The second-order valence-electron chi connectivity index (χ2n) is 9.20. The standard InChI is InChI=1S/C27H25N3O2S3/c1-27(2)18-15-17(16-9-7-6-8-10-16)11-12-19(18)28(3)21(27)14-13-20-23(31)29(4)25(34-20)22-24(32)30(5)26(33)35-22/h6-15H,1-5H3/b20-13-,21-14-,25-22-. The number of likely N-dealkylation sites (N-methyl/N-ethyl adjacent to an activating group) is 1. The highest BCUT2D eigenvalue weighted by Crippen LogP contribution is 2.48. The Morgan fingerprint density at radius 3 is 2.29 bits per heavy atom. The molecule has 1 fully saturated rings. The molecule has 8 heteroatoms. The van der Waals surface area contributed by atoms with Crippen molar-refractivity contribution in [3.63, 3.8) is 0 Å². The number of allylic oxidation sites excluding steroid dienone is 2. The number of nitrogens with zero attached hydrogens (tertiary/aromatic N) is 3. The molecule has 0 atom stereocenters. The smallest absolute Gasteiger partial charge is 0.268 e. The first-order valence-electron chi connectivity index (χ1n) is 11.2. The Labute approximate surface area is 217 Å². The summed E-state index contributed by atoms with van der Waals surface area (Å²) >= 11 is 7.83. The molecule has 0 radical (unpaired) electrons. The van der Waals surface area contributed by atoms with E-state index in [9.17, 15) is 9.59 Å². The normalized spacial score (nSPS) is 20.4. The summed E-state index contributed by atoms with van der Waals surface area (Å²) in [6.07, 6.45) is 3.91. The van der Waals surface area contributed by atoms with Gasteiger partial charge in [-0.2, -0.15) is 0 Å². The summed E-state index contributed by atoms with van der Waals surface area (Å²) in [7, 11) is 5.42. The van der Waals surface area contributed by atoms with Gasteiger partial charge in [-0.05, 0) is 41.0 Å². The number of hydrogen-bond donors (Lipinski definition) is 0. The van der Waals surface area contributed by atoms with E-state index in [4.69, 9.17) is 12.2 Å². The minimum absolute atomic E-state index is 0.120. The molecule has 3 heterocycles. The van der Waals surface area contributed by atoms with Gasteiger partial charge in [0.1, 0.15) is 13.9 Å². The first-order valence-corrected chi connectivity index (χ1v) is 13.2. The zero-order chi connectivity index (χ0) is 25.1. The third-order valence-corrected chi connectivity index (χ3v) is 9.59. The number of rotatable bonds is 2. The van der Waals surface area contributed by atoms with Crippen molar-refractivity contribution in [3.05, 3.63) is 85.4 Å². The van der Waals surface area contributed by atoms with E-state index in [0.29, 0.717) is 18.4 Å². The number of benzene rings is 2. The fourth-order valence-corrected chi connectivity index (χ4v) is 7.04. The third kappa shape index (κ3) is 3.80. The highest BCUT2D eigenvalue weighted by Gasteiger charge is 2.38.